The number of amides is 10. The highest BCUT2D eigenvalue weighted by Crippen LogP contribution is 2.14. The Labute approximate surface area is 480 Å². The second kappa shape index (κ2) is 40.5. The number of hydrogen-bond acceptors (Lipinski definition) is 16. The Balaban J connectivity index is 7.11. The molecular weight excluding hydrogens is 1070 g/mol. The van der Waals surface area contributed by atoms with Crippen molar-refractivity contribution in [2.24, 2.45) is 78.4 Å². The average Bonchev–Trinajstić information content (AvgIpc) is 3.42. The van der Waals surface area contributed by atoms with Crippen molar-refractivity contribution in [2.75, 3.05) is 32.7 Å². The number of guanidine groups is 3. The fourth-order valence-electron chi connectivity index (χ4n) is 7.98. The second-order valence-corrected chi connectivity index (χ2v) is 20.4. The largest absolute Gasteiger partial charge is 0.391 e. The molecule has 0 aliphatic carbocycles. The van der Waals surface area contributed by atoms with E-state index >= 15 is 0 Å². The summed E-state index contributed by atoms with van der Waals surface area (Å²) in [7, 11) is 0. The third kappa shape index (κ3) is 30.8. The second-order valence-electron chi connectivity index (χ2n) is 20.4. The van der Waals surface area contributed by atoms with Gasteiger partial charge in [0, 0.05) is 26.6 Å². The van der Waals surface area contributed by atoms with Gasteiger partial charge in [-0.25, -0.2) is 0 Å². The van der Waals surface area contributed by atoms with Gasteiger partial charge in [-0.15, -0.1) is 0 Å². The van der Waals surface area contributed by atoms with Crippen LogP contribution in [0.15, 0.2) is 15.0 Å². The first kappa shape index (κ1) is 74.4. The molecule has 0 aromatic carbocycles. The highest BCUT2D eigenvalue weighted by atomic mass is 16.3. The molecule has 468 valence electrons. The molecule has 0 saturated carbocycles. The van der Waals surface area contributed by atoms with Crippen LogP contribution in [-0.2, 0) is 47.9 Å². The van der Waals surface area contributed by atoms with Gasteiger partial charge in [0.2, 0.25) is 59.1 Å². The van der Waals surface area contributed by atoms with Crippen LogP contribution in [0.25, 0.3) is 0 Å². The number of hydrogen-bond donors (Lipinski definition) is 19. The Hall–Kier alpha value is -7.61. The lowest BCUT2D eigenvalue weighted by Crippen LogP contribution is -2.61. The minimum Gasteiger partial charge on any atom is -0.391 e. The van der Waals surface area contributed by atoms with Gasteiger partial charge in [-0.05, 0) is 116 Å². The molecule has 11 atom stereocenters. The SMILES string of the molecule is CC[C@H](C)[C@H](NC(=O)[C@H](CCCN=C(N)N)NC(=O)[C@H](C)NC(=O)[C@@H](NC(C)=O)C(C)C)C(=O)N[C@@H](CCCN=C(N)N)C(=O)N[C@@H](CCCCN)C(=O)N[C@@H](CCCCN)C(=O)N[C@@H](CCCN=C(N)N)C(=O)N[C@H](C(N)=O)[C@@H](C)O. The predicted octanol–water partition coefficient (Wildman–Crippen LogP) is -6.62. The number of nitrogens with one attached hydrogen (secondary N) is 9. The quantitative estimate of drug-likeness (QED) is 0.0153. The number of nitrogens with two attached hydrogens (primary N) is 9. The van der Waals surface area contributed by atoms with Crippen LogP contribution in [0.1, 0.15) is 132 Å². The van der Waals surface area contributed by atoms with Crippen LogP contribution in [0.5, 0.6) is 0 Å². The van der Waals surface area contributed by atoms with Crippen LogP contribution >= 0.6 is 0 Å². The van der Waals surface area contributed by atoms with Crippen molar-refractivity contribution in [3.05, 3.63) is 0 Å². The maximum atomic E-state index is 14.5. The molecule has 0 heterocycles. The van der Waals surface area contributed by atoms with E-state index in [9.17, 15) is 53.1 Å². The van der Waals surface area contributed by atoms with Crippen LogP contribution in [0, 0.1) is 11.8 Å². The Morgan fingerprint density at radius 2 is 0.720 bits per heavy atom. The van der Waals surface area contributed by atoms with Crippen molar-refractivity contribution in [1.82, 2.24) is 47.9 Å². The summed E-state index contributed by atoms with van der Waals surface area (Å²) in [5.41, 5.74) is 50.0. The van der Waals surface area contributed by atoms with Crippen molar-refractivity contribution < 1.29 is 53.1 Å². The molecule has 0 bridgehead atoms. The first-order valence-electron chi connectivity index (χ1n) is 27.7. The van der Waals surface area contributed by atoms with E-state index in [0.29, 0.717) is 32.1 Å². The Morgan fingerprint density at radius 3 is 1.02 bits per heavy atom. The van der Waals surface area contributed by atoms with Crippen LogP contribution in [0.2, 0.25) is 0 Å². The zero-order valence-corrected chi connectivity index (χ0v) is 48.7. The molecule has 0 aromatic rings. The molecule has 0 aliphatic heterocycles. The van der Waals surface area contributed by atoms with E-state index < -0.39 is 125 Å². The van der Waals surface area contributed by atoms with Gasteiger partial charge in [0.1, 0.15) is 54.4 Å². The highest BCUT2D eigenvalue weighted by molar-refractivity contribution is 5.98. The molecule has 10 amide bonds. The molecule has 0 fully saturated rings. The Kier molecular flexibility index (Phi) is 36.8. The molecule has 82 heavy (non-hydrogen) atoms. The van der Waals surface area contributed by atoms with Crippen LogP contribution < -0.4 is 99.5 Å². The van der Waals surface area contributed by atoms with Gasteiger partial charge in [-0.2, -0.15) is 0 Å². The number of aliphatic hydroxyl groups excluding tert-OH is 1. The summed E-state index contributed by atoms with van der Waals surface area (Å²) in [5, 5.41) is 33.7. The number of carbonyl (C=O) groups is 10. The summed E-state index contributed by atoms with van der Waals surface area (Å²) in [6.45, 7) is 11.3. The lowest BCUT2D eigenvalue weighted by Gasteiger charge is -2.30. The van der Waals surface area contributed by atoms with E-state index in [2.05, 4.69) is 62.8 Å². The van der Waals surface area contributed by atoms with Crippen molar-refractivity contribution in [3.63, 3.8) is 0 Å². The fraction of sp³-hybridized carbons (Fsp3) is 0.740. The molecular formula is C50H97N21O11. The number of aliphatic imine (C=N–C) groups is 3. The molecule has 0 aliphatic rings. The zero-order valence-electron chi connectivity index (χ0n) is 48.7. The monoisotopic (exact) mass is 1170 g/mol. The van der Waals surface area contributed by atoms with Gasteiger partial charge >= 0.3 is 0 Å². The lowest BCUT2D eigenvalue weighted by molar-refractivity contribution is -0.136. The normalized spacial score (nSPS) is 15.0. The molecule has 0 saturated heterocycles. The summed E-state index contributed by atoms with van der Waals surface area (Å²) < 4.78 is 0. The molecule has 0 aromatic heterocycles. The van der Waals surface area contributed by atoms with Gasteiger partial charge in [0.25, 0.3) is 0 Å². The first-order chi connectivity index (χ1) is 38.5. The number of nitrogens with zero attached hydrogens (tertiary/aromatic N) is 3. The van der Waals surface area contributed by atoms with Gasteiger partial charge in [-0.3, -0.25) is 62.9 Å². The van der Waals surface area contributed by atoms with Crippen LogP contribution in [0.3, 0.4) is 0 Å². The van der Waals surface area contributed by atoms with Gasteiger partial charge in [0.15, 0.2) is 17.9 Å². The van der Waals surface area contributed by atoms with Gasteiger partial charge < -0.3 is 105 Å². The van der Waals surface area contributed by atoms with Gasteiger partial charge in [0.05, 0.1) is 6.10 Å². The summed E-state index contributed by atoms with van der Waals surface area (Å²) in [5.74, 6) is -9.51. The van der Waals surface area contributed by atoms with Crippen molar-refractivity contribution in [1.29, 1.82) is 0 Å². The van der Waals surface area contributed by atoms with E-state index in [0.717, 1.165) is 0 Å². The topological polar surface area (TPSA) is 570 Å². The number of unbranched alkanes of at least 4 members (excludes halogenated alkanes) is 2. The third-order valence-corrected chi connectivity index (χ3v) is 12.8. The summed E-state index contributed by atoms with van der Waals surface area (Å²) in [6.07, 6.45) is 0.695. The van der Waals surface area contributed by atoms with E-state index in [1.54, 1.807) is 27.7 Å². The van der Waals surface area contributed by atoms with Crippen LogP contribution in [-0.4, -0.2) is 175 Å². The minimum absolute atomic E-state index is 0.00199. The van der Waals surface area contributed by atoms with E-state index in [1.165, 1.54) is 20.8 Å². The molecule has 0 rings (SSSR count). The molecule has 0 unspecified atom stereocenters. The molecule has 32 nitrogen and oxygen atoms in total. The van der Waals surface area contributed by atoms with E-state index in [1.807, 2.05) is 0 Å². The average molecular weight is 1170 g/mol. The number of carbonyl (C=O) groups excluding carboxylic acids is 10. The highest BCUT2D eigenvalue weighted by Gasteiger charge is 2.36. The smallest absolute Gasteiger partial charge is 0.243 e. The number of primary amides is 1. The molecule has 28 N–H and O–H groups in total. The third-order valence-electron chi connectivity index (χ3n) is 12.8. The molecule has 32 heteroatoms. The standard InChI is InChI=1S/C50H97N21O11/c1-8-27(4)37(70-44(79)34(19-14-24-61-49(56)57)65-40(75)28(5)63-46(81)36(26(2)3)64-30(7)73)47(82)69-33(18-13-23-60-48(54)55)43(78)67-31(16-9-11-21-51)41(76)66-32(17-10-12-22-52)42(77)68-35(20-15-25-62-50(58)59)45(80)71-38(29(6)72)39(53)74/h26-29,31-38,72H,8-25,51-52H2,1-7H3,(H2,53,74)(H,63,81)(H,64,73)(H,65,75)(H,66,76)(H,67,78)(H,68,77)(H,69,82)(H,70,79)(H,71,80)(H4,54,55,60)(H4,56,57,61)(H4,58,59,62)/t27-,28-,29+,31-,32-,33-,34-,35-,36-,37-,38-/m0/s1. The van der Waals surface area contributed by atoms with Gasteiger partial charge in [-0.1, -0.05) is 34.1 Å². The number of aliphatic hydroxyl groups is 1. The van der Waals surface area contributed by atoms with E-state index in [-0.39, 0.29) is 108 Å². The first-order valence-corrected chi connectivity index (χ1v) is 27.7. The zero-order chi connectivity index (χ0) is 62.6. The van der Waals surface area contributed by atoms with Crippen LogP contribution in [0.4, 0.5) is 0 Å². The molecule has 0 radical (unpaired) electrons. The fourth-order valence-corrected chi connectivity index (χ4v) is 7.98. The predicted molar refractivity (Wildman–Crippen MR) is 309 cm³/mol. The maximum Gasteiger partial charge on any atom is 0.243 e. The summed E-state index contributed by atoms with van der Waals surface area (Å²) >= 11 is 0. The molecule has 0 spiro atoms. The van der Waals surface area contributed by atoms with E-state index in [4.69, 9.17) is 51.6 Å². The summed E-state index contributed by atoms with van der Waals surface area (Å²) in [6, 6.07) is -11.7. The Bertz CT molecular complexity index is 2150. The summed E-state index contributed by atoms with van der Waals surface area (Å²) in [4.78, 5) is 148. The Morgan fingerprint density at radius 1 is 0.402 bits per heavy atom. The van der Waals surface area contributed by atoms with Crippen molar-refractivity contribution >= 4 is 77.0 Å². The van der Waals surface area contributed by atoms with Crippen molar-refractivity contribution in [3.8, 4) is 0 Å². The van der Waals surface area contributed by atoms with Crippen molar-refractivity contribution in [2.45, 2.75) is 192 Å². The minimum atomic E-state index is -1.52. The maximum absolute atomic E-state index is 14.5. The number of rotatable bonds is 42. The lowest BCUT2D eigenvalue weighted by atomic mass is 9.96.